The molecule has 0 aliphatic carbocycles. The highest BCUT2D eigenvalue weighted by atomic mass is 19.4. The van der Waals surface area contributed by atoms with Crippen LogP contribution in [0.5, 0.6) is 0 Å². The van der Waals surface area contributed by atoms with E-state index in [0.717, 1.165) is 0 Å². The molecule has 0 radical (unpaired) electrons. The number of hydrogen-bond donors (Lipinski definition) is 1. The van der Waals surface area contributed by atoms with Crippen LogP contribution in [0.15, 0.2) is 35.8 Å². The normalized spacial score (nSPS) is 21.2. The lowest BCUT2D eigenvalue weighted by Gasteiger charge is -2.32. The van der Waals surface area contributed by atoms with E-state index in [2.05, 4.69) is 15.3 Å². The highest BCUT2D eigenvalue weighted by Gasteiger charge is 2.63. The van der Waals surface area contributed by atoms with Gasteiger partial charge in [0, 0.05) is 30.7 Å². The minimum atomic E-state index is -5.04. The van der Waals surface area contributed by atoms with Crippen LogP contribution < -0.4 is 0 Å². The van der Waals surface area contributed by atoms with Crippen molar-refractivity contribution < 1.29 is 23.1 Å². The van der Waals surface area contributed by atoms with E-state index < -0.39 is 24.2 Å². The van der Waals surface area contributed by atoms with Crippen LogP contribution in [0.3, 0.4) is 0 Å². The standard InChI is InChI=1S/C13H13F3N6O2/c1-9-7-12(24,13(14,15)16)22(18-9)11(23)10-3-6-21(19-10)8-20-5-2-4-17-20/h2-6,24H,7-8H2,1H3/t12-/m1/s1. The molecule has 1 aliphatic rings. The Morgan fingerprint density at radius 1 is 1.38 bits per heavy atom. The van der Waals surface area contributed by atoms with Crippen molar-refractivity contribution in [3.63, 3.8) is 0 Å². The van der Waals surface area contributed by atoms with Gasteiger partial charge in [0.25, 0.3) is 11.6 Å². The Morgan fingerprint density at radius 2 is 2.12 bits per heavy atom. The zero-order chi connectivity index (χ0) is 17.5. The zero-order valence-electron chi connectivity index (χ0n) is 12.5. The molecule has 128 valence electrons. The summed E-state index contributed by atoms with van der Waals surface area (Å²) in [5.74, 6) is -1.13. The smallest absolute Gasteiger partial charge is 0.362 e. The first-order valence-electron chi connectivity index (χ1n) is 6.89. The molecule has 11 heteroatoms. The number of hydrogen-bond acceptors (Lipinski definition) is 5. The molecule has 2 aromatic rings. The Kier molecular flexibility index (Phi) is 3.67. The Hall–Kier alpha value is -2.69. The van der Waals surface area contributed by atoms with Gasteiger partial charge in [-0.15, -0.1) is 0 Å². The highest BCUT2D eigenvalue weighted by Crippen LogP contribution is 2.40. The van der Waals surface area contributed by atoms with Gasteiger partial charge in [-0.25, -0.2) is 0 Å². The Morgan fingerprint density at radius 3 is 2.75 bits per heavy atom. The van der Waals surface area contributed by atoms with Crippen molar-refractivity contribution in [1.82, 2.24) is 24.6 Å². The fourth-order valence-electron chi connectivity index (χ4n) is 2.35. The Bertz CT molecular complexity index is 782. The maximum Gasteiger partial charge on any atom is 0.438 e. The Balaban J connectivity index is 1.84. The first-order chi connectivity index (χ1) is 11.2. The fraction of sp³-hybridized carbons (Fsp3) is 0.385. The van der Waals surface area contributed by atoms with Gasteiger partial charge in [-0.2, -0.15) is 33.5 Å². The average molecular weight is 342 g/mol. The van der Waals surface area contributed by atoms with E-state index in [1.54, 1.807) is 18.5 Å². The molecule has 0 spiro atoms. The van der Waals surface area contributed by atoms with Crippen LogP contribution >= 0.6 is 0 Å². The number of carbonyl (C=O) groups excluding carboxylic acids is 1. The number of hydrazone groups is 1. The molecule has 0 saturated carbocycles. The van der Waals surface area contributed by atoms with Crippen molar-refractivity contribution in [3.8, 4) is 0 Å². The second kappa shape index (κ2) is 5.44. The van der Waals surface area contributed by atoms with Crippen LogP contribution in [0, 0.1) is 0 Å². The molecule has 0 fully saturated rings. The van der Waals surface area contributed by atoms with Gasteiger partial charge in [-0.3, -0.25) is 14.2 Å². The summed E-state index contributed by atoms with van der Waals surface area (Å²) in [6.07, 6.45) is -1.19. The largest absolute Gasteiger partial charge is 0.438 e. The predicted octanol–water partition coefficient (Wildman–Crippen LogP) is 1.06. The van der Waals surface area contributed by atoms with Crippen LogP contribution in [0.25, 0.3) is 0 Å². The second-order valence-corrected chi connectivity index (χ2v) is 5.37. The van der Waals surface area contributed by atoms with Crippen LogP contribution in [0.2, 0.25) is 0 Å². The predicted molar refractivity (Wildman–Crippen MR) is 74.8 cm³/mol. The van der Waals surface area contributed by atoms with Crippen LogP contribution in [-0.2, 0) is 6.67 Å². The quantitative estimate of drug-likeness (QED) is 0.903. The van der Waals surface area contributed by atoms with Gasteiger partial charge in [0.1, 0.15) is 6.67 Å². The molecule has 1 aliphatic heterocycles. The third kappa shape index (κ3) is 2.66. The van der Waals surface area contributed by atoms with Crippen molar-refractivity contribution in [2.45, 2.75) is 31.9 Å². The molecule has 0 unspecified atom stereocenters. The Labute approximate surface area is 133 Å². The summed E-state index contributed by atoms with van der Waals surface area (Å²) < 4.78 is 42.3. The summed E-state index contributed by atoms with van der Waals surface area (Å²) in [5, 5.41) is 21.4. The van der Waals surface area contributed by atoms with Gasteiger partial charge in [-0.1, -0.05) is 0 Å². The molecule has 3 rings (SSSR count). The van der Waals surface area contributed by atoms with Gasteiger partial charge in [0.05, 0.1) is 0 Å². The average Bonchev–Trinajstić information content (AvgIpc) is 3.19. The molecule has 1 atom stereocenters. The monoisotopic (exact) mass is 342 g/mol. The minimum absolute atomic E-state index is 0.000788. The van der Waals surface area contributed by atoms with Gasteiger partial charge in [-0.05, 0) is 19.1 Å². The summed E-state index contributed by atoms with van der Waals surface area (Å²) in [6.45, 7) is 1.49. The summed E-state index contributed by atoms with van der Waals surface area (Å²) in [5.41, 5.74) is -3.62. The van der Waals surface area contributed by atoms with Crippen molar-refractivity contribution in [2.24, 2.45) is 5.10 Å². The maximum absolute atomic E-state index is 13.1. The topological polar surface area (TPSA) is 88.5 Å². The van der Waals surface area contributed by atoms with Crippen molar-refractivity contribution in [2.75, 3.05) is 0 Å². The lowest BCUT2D eigenvalue weighted by atomic mass is 10.1. The number of aliphatic hydroxyl groups is 1. The first-order valence-corrected chi connectivity index (χ1v) is 6.89. The molecule has 0 saturated heterocycles. The number of halogens is 3. The van der Waals surface area contributed by atoms with Crippen LogP contribution in [-0.4, -0.2) is 53.2 Å². The number of carbonyl (C=O) groups is 1. The molecule has 1 N–H and O–H groups in total. The maximum atomic E-state index is 13.1. The third-order valence-corrected chi connectivity index (χ3v) is 3.48. The van der Waals surface area contributed by atoms with Crippen LogP contribution in [0.4, 0.5) is 13.2 Å². The van der Waals surface area contributed by atoms with Gasteiger partial charge in [0.2, 0.25) is 0 Å². The van der Waals surface area contributed by atoms with E-state index in [4.69, 9.17) is 0 Å². The molecule has 0 aromatic carbocycles. The molecular weight excluding hydrogens is 329 g/mol. The number of amides is 1. The number of aromatic nitrogens is 4. The van der Waals surface area contributed by atoms with E-state index in [1.807, 2.05) is 0 Å². The number of rotatable bonds is 3. The first kappa shape index (κ1) is 16.2. The van der Waals surface area contributed by atoms with E-state index >= 15 is 0 Å². The lowest BCUT2D eigenvalue weighted by Crippen LogP contribution is -2.56. The molecule has 24 heavy (non-hydrogen) atoms. The zero-order valence-corrected chi connectivity index (χ0v) is 12.5. The van der Waals surface area contributed by atoms with Gasteiger partial charge < -0.3 is 5.11 Å². The highest BCUT2D eigenvalue weighted by molar-refractivity contribution is 5.96. The summed E-state index contributed by atoms with van der Waals surface area (Å²) in [7, 11) is 0. The molecule has 0 bridgehead atoms. The van der Waals surface area contributed by atoms with E-state index in [1.165, 1.54) is 28.6 Å². The number of nitrogens with zero attached hydrogens (tertiary/aromatic N) is 6. The summed E-state index contributed by atoms with van der Waals surface area (Å²) in [6, 6.07) is 2.95. The third-order valence-electron chi connectivity index (χ3n) is 3.48. The molecule has 3 heterocycles. The molecule has 1 amide bonds. The minimum Gasteiger partial charge on any atom is -0.362 e. The van der Waals surface area contributed by atoms with E-state index in [-0.39, 0.29) is 23.1 Å². The SMILES string of the molecule is CC1=NN(C(=O)c2ccn(Cn3cccn3)n2)[C@](O)(C(F)(F)F)C1. The molecular formula is C13H13F3N6O2. The molecule has 8 nitrogen and oxygen atoms in total. The van der Waals surface area contributed by atoms with Gasteiger partial charge in [0.15, 0.2) is 5.69 Å². The lowest BCUT2D eigenvalue weighted by molar-refractivity contribution is -0.297. The van der Waals surface area contributed by atoms with Gasteiger partial charge >= 0.3 is 6.18 Å². The van der Waals surface area contributed by atoms with Crippen LogP contribution in [0.1, 0.15) is 23.8 Å². The van der Waals surface area contributed by atoms with Crippen molar-refractivity contribution >= 4 is 11.6 Å². The second-order valence-electron chi connectivity index (χ2n) is 5.37. The van der Waals surface area contributed by atoms with Crippen molar-refractivity contribution in [1.29, 1.82) is 0 Å². The summed E-state index contributed by atoms with van der Waals surface area (Å²) >= 11 is 0. The van der Waals surface area contributed by atoms with Crippen molar-refractivity contribution in [3.05, 3.63) is 36.4 Å². The summed E-state index contributed by atoms with van der Waals surface area (Å²) in [4.78, 5) is 12.3. The number of alkyl halides is 3. The molecule has 2 aromatic heterocycles. The van der Waals surface area contributed by atoms with E-state index in [9.17, 15) is 23.1 Å². The fourth-order valence-corrected chi connectivity index (χ4v) is 2.35. The van der Waals surface area contributed by atoms with E-state index in [0.29, 0.717) is 0 Å².